The number of nitrogens with two attached hydrogens (primary N) is 1. The van der Waals surface area contributed by atoms with Crippen LogP contribution < -0.4 is 11.1 Å². The number of rotatable bonds is 1. The summed E-state index contributed by atoms with van der Waals surface area (Å²) in [5.41, 5.74) is 7.90. The first-order valence-corrected chi connectivity index (χ1v) is 3.62. The standard InChI is InChI=1S/C8H14N2/c1-7-3-2-4-8(5-9)6-10-7/h4,10H,1-3,5-6,9H2. The first-order chi connectivity index (χ1) is 4.83. The number of allylic oxidation sites excluding steroid dienone is 2. The highest BCUT2D eigenvalue weighted by Crippen LogP contribution is 2.07. The fourth-order valence-corrected chi connectivity index (χ4v) is 1.01. The molecule has 0 aliphatic carbocycles. The predicted molar refractivity (Wildman–Crippen MR) is 43.5 cm³/mol. The van der Waals surface area contributed by atoms with Crippen molar-refractivity contribution in [2.45, 2.75) is 12.8 Å². The molecule has 0 saturated carbocycles. The Hall–Kier alpha value is -0.760. The fourth-order valence-electron chi connectivity index (χ4n) is 1.01. The number of hydrogen-bond donors (Lipinski definition) is 2. The van der Waals surface area contributed by atoms with Crippen molar-refractivity contribution in [1.29, 1.82) is 0 Å². The molecular formula is C8H14N2. The highest BCUT2D eigenvalue weighted by atomic mass is 14.9. The van der Waals surface area contributed by atoms with E-state index in [1.165, 1.54) is 5.57 Å². The van der Waals surface area contributed by atoms with E-state index in [1.807, 2.05) is 0 Å². The van der Waals surface area contributed by atoms with E-state index in [1.54, 1.807) is 0 Å². The molecule has 3 N–H and O–H groups in total. The van der Waals surface area contributed by atoms with Crippen LogP contribution in [0.3, 0.4) is 0 Å². The molecule has 56 valence electrons. The van der Waals surface area contributed by atoms with Crippen LogP contribution in [-0.4, -0.2) is 13.1 Å². The lowest BCUT2D eigenvalue weighted by atomic mass is 10.2. The van der Waals surface area contributed by atoms with E-state index < -0.39 is 0 Å². The van der Waals surface area contributed by atoms with E-state index in [0.717, 1.165) is 25.1 Å². The van der Waals surface area contributed by atoms with Crippen LogP contribution in [0.4, 0.5) is 0 Å². The van der Waals surface area contributed by atoms with Gasteiger partial charge in [0.25, 0.3) is 0 Å². The lowest BCUT2D eigenvalue weighted by Gasteiger charge is -2.04. The topological polar surface area (TPSA) is 38.0 Å². The molecule has 2 nitrogen and oxygen atoms in total. The molecule has 0 spiro atoms. The molecule has 1 aliphatic rings. The first-order valence-electron chi connectivity index (χ1n) is 3.62. The summed E-state index contributed by atoms with van der Waals surface area (Å²) >= 11 is 0. The number of hydrogen-bond acceptors (Lipinski definition) is 2. The second kappa shape index (κ2) is 3.42. The van der Waals surface area contributed by atoms with Gasteiger partial charge in [0.15, 0.2) is 0 Å². The molecule has 1 rings (SSSR count). The lowest BCUT2D eigenvalue weighted by Crippen LogP contribution is -2.17. The summed E-state index contributed by atoms with van der Waals surface area (Å²) in [4.78, 5) is 0. The average Bonchev–Trinajstić information content (AvgIpc) is 2.14. The van der Waals surface area contributed by atoms with Crippen LogP contribution in [0.1, 0.15) is 12.8 Å². The Kier molecular flexibility index (Phi) is 2.51. The zero-order valence-electron chi connectivity index (χ0n) is 6.19. The molecule has 0 aromatic heterocycles. The summed E-state index contributed by atoms with van der Waals surface area (Å²) in [6.07, 6.45) is 4.33. The van der Waals surface area contributed by atoms with Gasteiger partial charge in [0, 0.05) is 18.8 Å². The maximum atomic E-state index is 5.48. The summed E-state index contributed by atoms with van der Waals surface area (Å²) in [5.74, 6) is 0. The van der Waals surface area contributed by atoms with E-state index >= 15 is 0 Å². The fraction of sp³-hybridized carbons (Fsp3) is 0.500. The Morgan fingerprint density at radius 1 is 1.70 bits per heavy atom. The largest absolute Gasteiger partial charge is 0.385 e. The quantitative estimate of drug-likeness (QED) is 0.525. The molecule has 0 aromatic rings. The molecule has 0 fully saturated rings. The van der Waals surface area contributed by atoms with Crippen LogP contribution in [0.15, 0.2) is 23.9 Å². The van der Waals surface area contributed by atoms with Crippen molar-refractivity contribution in [2.75, 3.05) is 13.1 Å². The second-order valence-corrected chi connectivity index (χ2v) is 2.56. The second-order valence-electron chi connectivity index (χ2n) is 2.56. The normalized spacial score (nSPS) is 19.3. The summed E-state index contributed by atoms with van der Waals surface area (Å²) in [5, 5.41) is 3.20. The van der Waals surface area contributed by atoms with Gasteiger partial charge in [-0.1, -0.05) is 12.7 Å². The van der Waals surface area contributed by atoms with Gasteiger partial charge in [0.2, 0.25) is 0 Å². The van der Waals surface area contributed by atoms with E-state index in [-0.39, 0.29) is 0 Å². The van der Waals surface area contributed by atoms with Gasteiger partial charge in [-0.2, -0.15) is 0 Å². The van der Waals surface area contributed by atoms with Gasteiger partial charge in [-0.3, -0.25) is 0 Å². The Morgan fingerprint density at radius 2 is 2.50 bits per heavy atom. The van der Waals surface area contributed by atoms with Crippen molar-refractivity contribution in [3.8, 4) is 0 Å². The van der Waals surface area contributed by atoms with Crippen molar-refractivity contribution in [3.63, 3.8) is 0 Å². The Bertz CT molecular complexity index is 159. The molecule has 0 radical (unpaired) electrons. The van der Waals surface area contributed by atoms with Crippen LogP contribution in [0.25, 0.3) is 0 Å². The molecule has 1 aliphatic heterocycles. The SMILES string of the molecule is C=C1CCC=C(CN)CN1. The monoisotopic (exact) mass is 138 g/mol. The summed E-state index contributed by atoms with van der Waals surface area (Å²) in [7, 11) is 0. The summed E-state index contributed by atoms with van der Waals surface area (Å²) in [6.45, 7) is 5.41. The minimum Gasteiger partial charge on any atom is -0.385 e. The summed E-state index contributed by atoms with van der Waals surface area (Å²) in [6, 6.07) is 0. The van der Waals surface area contributed by atoms with Crippen molar-refractivity contribution in [1.82, 2.24) is 5.32 Å². The van der Waals surface area contributed by atoms with Crippen LogP contribution in [0.2, 0.25) is 0 Å². The van der Waals surface area contributed by atoms with Crippen LogP contribution in [-0.2, 0) is 0 Å². The third-order valence-electron chi connectivity index (χ3n) is 1.71. The highest BCUT2D eigenvalue weighted by Gasteiger charge is 2.00. The van der Waals surface area contributed by atoms with Crippen molar-refractivity contribution in [3.05, 3.63) is 23.9 Å². The average molecular weight is 138 g/mol. The van der Waals surface area contributed by atoms with Gasteiger partial charge in [-0.05, 0) is 18.4 Å². The zero-order chi connectivity index (χ0) is 7.40. The zero-order valence-corrected chi connectivity index (χ0v) is 6.19. The molecule has 1 heterocycles. The van der Waals surface area contributed by atoms with Crippen molar-refractivity contribution in [2.24, 2.45) is 5.73 Å². The van der Waals surface area contributed by atoms with Gasteiger partial charge in [0.1, 0.15) is 0 Å². The Balaban J connectivity index is 2.47. The molecule has 0 unspecified atom stereocenters. The molecule has 0 aromatic carbocycles. The first kappa shape index (κ1) is 7.35. The van der Waals surface area contributed by atoms with E-state index in [0.29, 0.717) is 6.54 Å². The molecule has 0 bridgehead atoms. The molecule has 10 heavy (non-hydrogen) atoms. The third kappa shape index (κ3) is 1.88. The van der Waals surface area contributed by atoms with Crippen molar-refractivity contribution < 1.29 is 0 Å². The van der Waals surface area contributed by atoms with E-state index in [2.05, 4.69) is 18.0 Å². The molecular weight excluding hydrogens is 124 g/mol. The smallest absolute Gasteiger partial charge is 0.0369 e. The molecule has 0 atom stereocenters. The van der Waals surface area contributed by atoms with Gasteiger partial charge < -0.3 is 11.1 Å². The Labute approximate surface area is 61.8 Å². The number of nitrogens with one attached hydrogen (secondary N) is 1. The lowest BCUT2D eigenvalue weighted by molar-refractivity contribution is 0.823. The molecule has 0 saturated heterocycles. The van der Waals surface area contributed by atoms with E-state index in [4.69, 9.17) is 5.73 Å². The maximum absolute atomic E-state index is 5.48. The predicted octanol–water partition coefficient (Wildman–Crippen LogP) is 0.769. The van der Waals surface area contributed by atoms with Gasteiger partial charge in [-0.15, -0.1) is 0 Å². The van der Waals surface area contributed by atoms with Gasteiger partial charge in [-0.25, -0.2) is 0 Å². The van der Waals surface area contributed by atoms with Crippen molar-refractivity contribution >= 4 is 0 Å². The highest BCUT2D eigenvalue weighted by molar-refractivity contribution is 5.12. The van der Waals surface area contributed by atoms with Gasteiger partial charge >= 0.3 is 0 Å². The Morgan fingerprint density at radius 3 is 3.20 bits per heavy atom. The molecule has 2 heteroatoms. The van der Waals surface area contributed by atoms with Gasteiger partial charge in [0.05, 0.1) is 0 Å². The third-order valence-corrected chi connectivity index (χ3v) is 1.71. The van der Waals surface area contributed by atoms with E-state index in [9.17, 15) is 0 Å². The summed E-state index contributed by atoms with van der Waals surface area (Å²) < 4.78 is 0. The minimum atomic E-state index is 0.667. The minimum absolute atomic E-state index is 0.667. The van der Waals surface area contributed by atoms with Crippen LogP contribution >= 0.6 is 0 Å². The molecule has 0 amide bonds. The van der Waals surface area contributed by atoms with Crippen LogP contribution in [0.5, 0.6) is 0 Å². The maximum Gasteiger partial charge on any atom is 0.0369 e. The van der Waals surface area contributed by atoms with Crippen LogP contribution in [0, 0.1) is 0 Å².